The number of carbonyl (C=O) groups excluding carboxylic acids is 1. The van der Waals surface area contributed by atoms with E-state index in [1.165, 1.54) is 37.6 Å². The lowest BCUT2D eigenvalue weighted by atomic mass is 10.2. The summed E-state index contributed by atoms with van der Waals surface area (Å²) in [6.07, 6.45) is 1.37. The Hall–Kier alpha value is -1.87. The quantitative estimate of drug-likeness (QED) is 0.448. The van der Waals surface area contributed by atoms with Gasteiger partial charge in [-0.05, 0) is 24.3 Å². The molecule has 0 saturated heterocycles. The predicted molar refractivity (Wildman–Crippen MR) is 59.1 cm³/mol. The molecule has 0 saturated carbocycles. The molecule has 16 heavy (non-hydrogen) atoms. The van der Waals surface area contributed by atoms with Gasteiger partial charge in [0.2, 0.25) is 0 Å². The summed E-state index contributed by atoms with van der Waals surface area (Å²) in [5, 5.41) is 0. The summed E-state index contributed by atoms with van der Waals surface area (Å²) in [5.74, 6) is -0.462. The van der Waals surface area contributed by atoms with E-state index >= 15 is 0 Å². The summed E-state index contributed by atoms with van der Waals surface area (Å²) in [4.78, 5) is 14.3. The van der Waals surface area contributed by atoms with E-state index in [1.807, 2.05) is 0 Å². The first kappa shape index (κ1) is 12.2. The lowest BCUT2D eigenvalue weighted by Crippen LogP contribution is -2.02. The minimum atomic E-state index is -2.69. The first-order valence-electron chi connectivity index (χ1n) is 4.27. The zero-order valence-corrected chi connectivity index (χ0v) is 9.65. The molecule has 1 atom stereocenters. The molecule has 1 aromatic carbocycles. The van der Waals surface area contributed by atoms with Crippen LogP contribution in [0.3, 0.4) is 0 Å². The van der Waals surface area contributed by atoms with Gasteiger partial charge in [0.05, 0.1) is 17.6 Å². The summed E-state index contributed by atoms with van der Waals surface area (Å²) in [6, 6.07) is 5.99. The third-order valence-electron chi connectivity index (χ3n) is 1.91. The lowest BCUT2D eigenvalue weighted by molar-refractivity contribution is 0.0600. The molecule has 5 nitrogen and oxygen atoms in total. The van der Waals surface area contributed by atoms with Gasteiger partial charge in [0, 0.05) is 6.26 Å². The van der Waals surface area contributed by atoms with Crippen molar-refractivity contribution >= 4 is 15.7 Å². The number of esters is 1. The highest BCUT2D eigenvalue weighted by atomic mass is 32.2. The third kappa shape index (κ3) is 2.58. The van der Waals surface area contributed by atoms with Crippen molar-refractivity contribution in [3.63, 3.8) is 0 Å². The van der Waals surface area contributed by atoms with E-state index in [4.69, 9.17) is 6.57 Å². The molecule has 0 bridgehead atoms. The molecule has 84 valence electrons. The fraction of sp³-hybridized carbons (Fsp3) is 0.200. The normalized spacial score (nSPS) is 13.3. The standard InChI is InChI=1S/C10H10N2O3S/c1-11-12-16(3,14)9-6-4-8(5-7-9)10(13)15-2/h4-7H,2-3H3. The van der Waals surface area contributed by atoms with Gasteiger partial charge >= 0.3 is 5.97 Å². The van der Waals surface area contributed by atoms with Crippen LogP contribution in [0, 0.1) is 6.57 Å². The summed E-state index contributed by atoms with van der Waals surface area (Å²) in [7, 11) is -1.41. The van der Waals surface area contributed by atoms with Gasteiger partial charge < -0.3 is 4.74 Å². The number of nitrogens with zero attached hydrogens (tertiary/aromatic N) is 2. The second-order valence-corrected chi connectivity index (χ2v) is 5.24. The molecule has 0 aromatic heterocycles. The van der Waals surface area contributed by atoms with Crippen molar-refractivity contribution in [1.82, 2.24) is 0 Å². The summed E-state index contributed by atoms with van der Waals surface area (Å²) >= 11 is 0. The van der Waals surface area contributed by atoms with E-state index in [-0.39, 0.29) is 0 Å². The average Bonchev–Trinajstić information content (AvgIpc) is 2.28. The van der Waals surface area contributed by atoms with Crippen molar-refractivity contribution in [2.24, 2.45) is 4.47 Å². The average molecular weight is 238 g/mol. The number of hydrogen-bond donors (Lipinski definition) is 0. The molecule has 0 fully saturated rings. The van der Waals surface area contributed by atoms with E-state index in [9.17, 15) is 9.00 Å². The predicted octanol–water partition coefficient (Wildman–Crippen LogP) is 1.76. The fourth-order valence-electron chi connectivity index (χ4n) is 1.09. The Morgan fingerprint density at radius 1 is 1.44 bits per heavy atom. The molecule has 1 rings (SSSR count). The molecule has 0 amide bonds. The molecule has 0 N–H and O–H groups in total. The van der Waals surface area contributed by atoms with Gasteiger partial charge in [-0.1, -0.05) is 0 Å². The van der Waals surface area contributed by atoms with Crippen LogP contribution < -0.4 is 0 Å². The number of benzene rings is 1. The second kappa shape index (κ2) is 4.77. The Morgan fingerprint density at radius 2 is 2.00 bits per heavy atom. The molecular formula is C10H10N2O3S. The number of rotatable bonds is 2. The van der Waals surface area contributed by atoms with Gasteiger partial charge in [0.1, 0.15) is 14.2 Å². The Kier molecular flexibility index (Phi) is 3.64. The van der Waals surface area contributed by atoms with Gasteiger partial charge in [-0.25, -0.2) is 9.00 Å². The highest BCUT2D eigenvalue weighted by Gasteiger charge is 2.11. The zero-order valence-electron chi connectivity index (χ0n) is 8.84. The zero-order chi connectivity index (χ0) is 12.2. The van der Waals surface area contributed by atoms with Gasteiger partial charge in [-0.2, -0.15) is 6.57 Å². The first-order chi connectivity index (χ1) is 7.51. The monoisotopic (exact) mass is 238 g/mol. The number of hydrogen-bond acceptors (Lipinski definition) is 4. The van der Waals surface area contributed by atoms with Gasteiger partial charge in [0.15, 0.2) is 0 Å². The molecule has 1 aromatic rings. The van der Waals surface area contributed by atoms with Crippen molar-refractivity contribution < 1.29 is 13.7 Å². The summed E-state index contributed by atoms with van der Waals surface area (Å²) < 4.78 is 19.7. The smallest absolute Gasteiger partial charge is 0.337 e. The Labute approximate surface area is 94.0 Å². The number of carbonyl (C=O) groups is 1. The van der Waals surface area contributed by atoms with Crippen LogP contribution >= 0.6 is 0 Å². The fourth-order valence-corrected chi connectivity index (χ4v) is 1.98. The maximum Gasteiger partial charge on any atom is 0.337 e. The highest BCUT2D eigenvalue weighted by Crippen LogP contribution is 2.13. The summed E-state index contributed by atoms with van der Waals surface area (Å²) in [6.45, 7) is 6.55. The van der Waals surface area contributed by atoms with Gasteiger partial charge in [0.25, 0.3) is 0 Å². The van der Waals surface area contributed by atoms with Crippen LogP contribution in [0.2, 0.25) is 0 Å². The van der Waals surface area contributed by atoms with E-state index in [0.717, 1.165) is 0 Å². The van der Waals surface area contributed by atoms with Crippen molar-refractivity contribution in [3.8, 4) is 0 Å². The van der Waals surface area contributed by atoms with Crippen LogP contribution in [0.15, 0.2) is 33.6 Å². The van der Waals surface area contributed by atoms with E-state index in [0.29, 0.717) is 10.5 Å². The van der Waals surface area contributed by atoms with Crippen molar-refractivity contribution in [2.75, 3.05) is 13.4 Å². The van der Waals surface area contributed by atoms with Crippen LogP contribution in [0.5, 0.6) is 0 Å². The van der Waals surface area contributed by atoms with Crippen LogP contribution in [0.4, 0.5) is 0 Å². The maximum atomic E-state index is 11.8. The van der Waals surface area contributed by atoms with E-state index in [1.54, 1.807) is 0 Å². The second-order valence-electron chi connectivity index (χ2n) is 3.00. The Balaban J connectivity index is 3.16. The molecule has 0 heterocycles. The number of methoxy groups -OCH3 is 1. The van der Waals surface area contributed by atoms with Gasteiger partial charge in [-0.3, -0.25) is 0 Å². The highest BCUT2D eigenvalue weighted by molar-refractivity contribution is 7.93. The van der Waals surface area contributed by atoms with E-state index < -0.39 is 15.7 Å². The minimum Gasteiger partial charge on any atom is -0.465 e. The third-order valence-corrected chi connectivity index (χ3v) is 3.45. The molecular weight excluding hydrogens is 228 g/mol. The largest absolute Gasteiger partial charge is 0.465 e. The minimum absolute atomic E-state index is 0.365. The Morgan fingerprint density at radius 3 is 2.44 bits per heavy atom. The number of ether oxygens (including phenoxy) is 1. The molecule has 1 unspecified atom stereocenters. The topological polar surface area (TPSA) is 60.1 Å². The van der Waals surface area contributed by atoms with Crippen molar-refractivity contribution in [1.29, 1.82) is 0 Å². The van der Waals surface area contributed by atoms with Crippen molar-refractivity contribution in [3.05, 3.63) is 41.4 Å². The molecule has 0 aliphatic heterocycles. The van der Waals surface area contributed by atoms with Crippen LogP contribution in [-0.2, 0) is 14.5 Å². The molecule has 0 aliphatic rings. The molecule has 0 aliphatic carbocycles. The SMILES string of the molecule is [C-]#[N+]N=S(C)(=O)c1ccc(C(=O)OC)cc1. The lowest BCUT2D eigenvalue weighted by Gasteiger charge is -2.01. The molecule has 6 heteroatoms. The maximum absolute atomic E-state index is 11.8. The van der Waals surface area contributed by atoms with Crippen LogP contribution in [-0.4, -0.2) is 23.5 Å². The molecule has 0 radical (unpaired) electrons. The van der Waals surface area contributed by atoms with Gasteiger partial charge in [-0.15, -0.1) is 4.95 Å². The van der Waals surface area contributed by atoms with Crippen LogP contribution in [0.25, 0.3) is 4.95 Å². The Bertz CT molecular complexity index is 548. The van der Waals surface area contributed by atoms with Crippen LogP contribution in [0.1, 0.15) is 10.4 Å². The molecule has 0 spiro atoms. The van der Waals surface area contributed by atoms with E-state index in [2.05, 4.69) is 14.2 Å². The first-order valence-corrected chi connectivity index (χ1v) is 6.20. The summed E-state index contributed by atoms with van der Waals surface area (Å²) in [5.41, 5.74) is 0.365. The van der Waals surface area contributed by atoms with Crippen molar-refractivity contribution in [2.45, 2.75) is 4.90 Å².